The van der Waals surface area contributed by atoms with Gasteiger partial charge >= 0.3 is 0 Å². The number of rotatable bonds is 4. The summed E-state index contributed by atoms with van der Waals surface area (Å²) in [4.78, 5) is 5.17. The minimum absolute atomic E-state index is 0.653. The van der Waals surface area contributed by atoms with Gasteiger partial charge in [-0.05, 0) is 55.0 Å². The molecule has 5 rings (SSSR count). The summed E-state index contributed by atoms with van der Waals surface area (Å²) in [5, 5.41) is 12.3. The molecule has 5 heteroatoms. The van der Waals surface area contributed by atoms with Gasteiger partial charge < -0.3 is 0 Å². The van der Waals surface area contributed by atoms with Gasteiger partial charge in [-0.15, -0.1) is 0 Å². The number of H-pyrrole nitrogens is 1. The SMILES string of the molecule is Cc1cc(CN2CCN(C(C)C)CC2)cc2c1Cc1c(-c3ccsc3)n[nH]c1-2. The van der Waals surface area contributed by atoms with Gasteiger partial charge in [-0.3, -0.25) is 14.9 Å². The molecule has 1 N–H and O–H groups in total. The lowest BCUT2D eigenvalue weighted by atomic mass is 9.99. The van der Waals surface area contributed by atoms with Crippen LogP contribution < -0.4 is 0 Å². The number of aromatic amines is 1. The molecule has 4 nitrogen and oxygen atoms in total. The molecule has 0 bridgehead atoms. The van der Waals surface area contributed by atoms with E-state index in [0.29, 0.717) is 6.04 Å². The van der Waals surface area contributed by atoms with Crippen LogP contribution in [-0.4, -0.2) is 52.2 Å². The zero-order valence-electron chi connectivity index (χ0n) is 17.0. The van der Waals surface area contributed by atoms with E-state index in [0.717, 1.165) is 31.7 Å². The molecule has 1 saturated heterocycles. The molecule has 0 radical (unpaired) electrons. The second kappa shape index (κ2) is 7.14. The van der Waals surface area contributed by atoms with E-state index in [-0.39, 0.29) is 0 Å². The molecular weight excluding hydrogens is 364 g/mol. The third-order valence-electron chi connectivity index (χ3n) is 6.36. The topological polar surface area (TPSA) is 35.2 Å². The molecule has 2 aliphatic rings. The Morgan fingerprint density at radius 2 is 1.96 bits per heavy atom. The van der Waals surface area contributed by atoms with Gasteiger partial charge in [0.15, 0.2) is 0 Å². The highest BCUT2D eigenvalue weighted by molar-refractivity contribution is 7.08. The third kappa shape index (κ3) is 3.11. The second-order valence-electron chi connectivity index (χ2n) is 8.46. The van der Waals surface area contributed by atoms with E-state index in [9.17, 15) is 0 Å². The first-order chi connectivity index (χ1) is 13.6. The summed E-state index contributed by atoms with van der Waals surface area (Å²) >= 11 is 1.73. The van der Waals surface area contributed by atoms with Crippen LogP contribution in [0.2, 0.25) is 0 Å². The van der Waals surface area contributed by atoms with Gasteiger partial charge in [0.1, 0.15) is 0 Å². The predicted octanol–water partition coefficient (Wildman–Crippen LogP) is 4.54. The molecule has 146 valence electrons. The van der Waals surface area contributed by atoms with Crippen molar-refractivity contribution in [1.29, 1.82) is 0 Å². The maximum atomic E-state index is 4.64. The molecule has 1 aliphatic carbocycles. The molecule has 0 atom stereocenters. The fourth-order valence-electron chi connectivity index (χ4n) is 4.71. The average molecular weight is 393 g/mol. The first-order valence-electron chi connectivity index (χ1n) is 10.3. The van der Waals surface area contributed by atoms with E-state index < -0.39 is 0 Å². The van der Waals surface area contributed by atoms with Gasteiger partial charge in [-0.25, -0.2) is 0 Å². The normalized spacial score (nSPS) is 17.3. The molecule has 1 aromatic carbocycles. The number of piperazine rings is 1. The molecule has 1 fully saturated rings. The average Bonchev–Trinajstić information content (AvgIpc) is 3.39. The van der Waals surface area contributed by atoms with Crippen molar-refractivity contribution in [2.45, 2.75) is 39.8 Å². The highest BCUT2D eigenvalue weighted by atomic mass is 32.1. The van der Waals surface area contributed by atoms with Crippen LogP contribution in [0.5, 0.6) is 0 Å². The van der Waals surface area contributed by atoms with E-state index in [4.69, 9.17) is 0 Å². The van der Waals surface area contributed by atoms with E-state index in [1.807, 2.05) is 0 Å². The van der Waals surface area contributed by atoms with Gasteiger partial charge in [0.2, 0.25) is 0 Å². The van der Waals surface area contributed by atoms with Crippen LogP contribution in [0.25, 0.3) is 22.5 Å². The summed E-state index contributed by atoms with van der Waals surface area (Å²) < 4.78 is 0. The number of thiophene rings is 1. The first kappa shape index (κ1) is 18.1. The monoisotopic (exact) mass is 392 g/mol. The zero-order chi connectivity index (χ0) is 19.3. The van der Waals surface area contributed by atoms with Gasteiger partial charge in [-0.2, -0.15) is 16.4 Å². The van der Waals surface area contributed by atoms with Crippen LogP contribution >= 0.6 is 11.3 Å². The number of hydrogen-bond donors (Lipinski definition) is 1. The van der Waals surface area contributed by atoms with Crippen LogP contribution in [-0.2, 0) is 13.0 Å². The van der Waals surface area contributed by atoms with Crippen molar-refractivity contribution in [3.8, 4) is 22.5 Å². The Hall–Kier alpha value is -1.95. The Morgan fingerprint density at radius 1 is 1.14 bits per heavy atom. The molecule has 28 heavy (non-hydrogen) atoms. The van der Waals surface area contributed by atoms with Crippen molar-refractivity contribution in [3.05, 3.63) is 51.2 Å². The number of hydrogen-bond acceptors (Lipinski definition) is 4. The van der Waals surface area contributed by atoms with Crippen LogP contribution in [0.3, 0.4) is 0 Å². The summed E-state index contributed by atoms with van der Waals surface area (Å²) in [6, 6.07) is 7.62. The van der Waals surface area contributed by atoms with Gasteiger partial charge in [0.05, 0.1) is 11.4 Å². The number of benzene rings is 1. The molecular formula is C23H28N4S. The number of aromatic nitrogens is 2. The maximum Gasteiger partial charge on any atom is 0.0970 e. The van der Waals surface area contributed by atoms with Crippen molar-refractivity contribution in [3.63, 3.8) is 0 Å². The first-order valence-corrected chi connectivity index (χ1v) is 11.2. The smallest absolute Gasteiger partial charge is 0.0970 e. The molecule has 3 heterocycles. The van der Waals surface area contributed by atoms with Crippen LogP contribution in [0.15, 0.2) is 29.0 Å². The molecule has 3 aromatic rings. The lowest BCUT2D eigenvalue weighted by Crippen LogP contribution is -2.48. The third-order valence-corrected chi connectivity index (χ3v) is 7.04. The molecule has 0 unspecified atom stereocenters. The Bertz CT molecular complexity index is 978. The lowest BCUT2D eigenvalue weighted by molar-refractivity contribution is 0.104. The Balaban J connectivity index is 1.39. The van der Waals surface area contributed by atoms with Gasteiger partial charge in [0, 0.05) is 67.3 Å². The molecule has 0 amide bonds. The molecule has 0 saturated carbocycles. The Morgan fingerprint density at radius 3 is 2.68 bits per heavy atom. The van der Waals surface area contributed by atoms with Gasteiger partial charge in [0.25, 0.3) is 0 Å². The van der Waals surface area contributed by atoms with Crippen molar-refractivity contribution >= 4 is 11.3 Å². The summed E-state index contributed by atoms with van der Waals surface area (Å²) in [5.41, 5.74) is 10.6. The van der Waals surface area contributed by atoms with Crippen LogP contribution in [0.1, 0.15) is 36.1 Å². The van der Waals surface area contributed by atoms with E-state index >= 15 is 0 Å². The number of nitrogens with one attached hydrogen (secondary N) is 1. The van der Waals surface area contributed by atoms with E-state index in [1.54, 1.807) is 11.3 Å². The highest BCUT2D eigenvalue weighted by Crippen LogP contribution is 2.42. The molecule has 0 spiro atoms. The highest BCUT2D eigenvalue weighted by Gasteiger charge is 2.27. The summed E-state index contributed by atoms with van der Waals surface area (Å²) in [5.74, 6) is 0. The lowest BCUT2D eigenvalue weighted by Gasteiger charge is -2.37. The largest absolute Gasteiger partial charge is 0.298 e. The number of aryl methyl sites for hydroxylation is 1. The summed E-state index contributed by atoms with van der Waals surface area (Å²) in [6.45, 7) is 12.6. The van der Waals surface area contributed by atoms with Crippen molar-refractivity contribution in [1.82, 2.24) is 20.0 Å². The van der Waals surface area contributed by atoms with Crippen molar-refractivity contribution < 1.29 is 0 Å². The molecule has 1 aliphatic heterocycles. The van der Waals surface area contributed by atoms with E-state index in [1.165, 1.54) is 52.2 Å². The van der Waals surface area contributed by atoms with E-state index in [2.05, 4.69) is 69.7 Å². The maximum absolute atomic E-state index is 4.64. The summed E-state index contributed by atoms with van der Waals surface area (Å²) in [6.07, 6.45) is 0.992. The number of nitrogens with zero attached hydrogens (tertiary/aromatic N) is 3. The van der Waals surface area contributed by atoms with Crippen LogP contribution in [0.4, 0.5) is 0 Å². The van der Waals surface area contributed by atoms with Crippen molar-refractivity contribution in [2.24, 2.45) is 0 Å². The number of fused-ring (bicyclic) bond motifs is 3. The van der Waals surface area contributed by atoms with Crippen molar-refractivity contribution in [2.75, 3.05) is 26.2 Å². The Kier molecular flexibility index (Phi) is 4.62. The van der Waals surface area contributed by atoms with Crippen LogP contribution in [0, 0.1) is 6.92 Å². The standard InChI is InChI=1S/C23H28N4S/c1-15(2)27-7-5-26(6-8-27)13-17-10-16(3)19-12-21-22(18-4-9-28-14-18)24-25-23(21)20(19)11-17/h4,9-11,14-15H,5-8,12-13H2,1-3H3,(H,24,25). The van der Waals surface area contributed by atoms with Gasteiger partial charge in [-0.1, -0.05) is 6.07 Å². The zero-order valence-corrected chi connectivity index (χ0v) is 17.8. The molecule has 2 aromatic heterocycles. The minimum Gasteiger partial charge on any atom is -0.298 e. The second-order valence-corrected chi connectivity index (χ2v) is 9.24. The predicted molar refractivity (Wildman–Crippen MR) is 117 cm³/mol. The summed E-state index contributed by atoms with van der Waals surface area (Å²) in [7, 11) is 0. The fourth-order valence-corrected chi connectivity index (χ4v) is 5.35. The minimum atomic E-state index is 0.653. The Labute approximate surface area is 171 Å². The fraction of sp³-hybridized carbons (Fsp3) is 0.435. The quantitative estimate of drug-likeness (QED) is 0.554.